The largest absolute Gasteiger partial charge is 0.285 e. The van der Waals surface area contributed by atoms with Crippen LogP contribution >= 0.6 is 0 Å². The average Bonchev–Trinajstić information content (AvgIpc) is 2.59. The predicted octanol–water partition coefficient (Wildman–Crippen LogP) is 2.11. The van der Waals surface area contributed by atoms with Crippen molar-refractivity contribution in [2.45, 2.75) is 32.2 Å². The van der Waals surface area contributed by atoms with Gasteiger partial charge in [-0.2, -0.15) is 0 Å². The summed E-state index contributed by atoms with van der Waals surface area (Å²) in [4.78, 5) is 4.77. The number of fused-ring (bicyclic) bond motifs is 1. The molecule has 0 atom stereocenters. The van der Waals surface area contributed by atoms with E-state index in [1.165, 1.54) is 0 Å². The molecule has 0 aliphatic carbocycles. The van der Waals surface area contributed by atoms with E-state index >= 15 is 0 Å². The zero-order valence-corrected chi connectivity index (χ0v) is 10.6. The second-order valence-corrected chi connectivity index (χ2v) is 6.34. The Labute approximate surface area is 96.1 Å². The van der Waals surface area contributed by atoms with Crippen molar-refractivity contribution in [2.75, 3.05) is 5.75 Å². The van der Waals surface area contributed by atoms with E-state index in [2.05, 4.69) is 4.99 Å². The van der Waals surface area contributed by atoms with E-state index in [1.54, 1.807) is 13.0 Å². The molecule has 1 aliphatic heterocycles. The van der Waals surface area contributed by atoms with Gasteiger partial charge in [-0.15, -0.1) is 0 Å². The molecule has 1 aromatic rings. The monoisotopic (exact) mass is 237 g/mol. The highest BCUT2D eigenvalue weighted by molar-refractivity contribution is 7.91. The van der Waals surface area contributed by atoms with E-state index < -0.39 is 9.84 Å². The number of rotatable bonds is 2. The lowest BCUT2D eigenvalue weighted by Crippen LogP contribution is -2.09. The summed E-state index contributed by atoms with van der Waals surface area (Å²) in [7, 11) is -3.14. The second-order valence-electron chi connectivity index (χ2n) is 4.09. The van der Waals surface area contributed by atoms with Crippen LogP contribution in [0.25, 0.3) is 0 Å². The molecule has 4 heteroatoms. The summed E-state index contributed by atoms with van der Waals surface area (Å²) in [5.41, 5.74) is 3.77. The molecule has 1 heterocycles. The molecule has 2 rings (SSSR count). The topological polar surface area (TPSA) is 46.5 Å². The van der Waals surface area contributed by atoms with Crippen LogP contribution < -0.4 is 0 Å². The Bertz CT molecular complexity index is 571. The van der Waals surface area contributed by atoms with Crippen LogP contribution in [0.4, 0.5) is 0 Å². The van der Waals surface area contributed by atoms with Gasteiger partial charge in [-0.05, 0) is 31.5 Å². The Hall–Kier alpha value is -1.16. The van der Waals surface area contributed by atoms with Crippen molar-refractivity contribution < 1.29 is 8.42 Å². The van der Waals surface area contributed by atoms with Gasteiger partial charge in [-0.25, -0.2) is 8.42 Å². The maximum absolute atomic E-state index is 12.0. The number of nitrogens with zero attached hydrogens (tertiary/aromatic N) is 1. The smallest absolute Gasteiger partial charge is 0.178 e. The number of aryl methyl sites for hydroxylation is 1. The fourth-order valence-corrected chi connectivity index (χ4v) is 3.21. The molecular weight excluding hydrogens is 222 g/mol. The van der Waals surface area contributed by atoms with Crippen molar-refractivity contribution in [1.29, 1.82) is 0 Å². The normalized spacial score (nSPS) is 14.8. The van der Waals surface area contributed by atoms with Crippen LogP contribution in [0.1, 0.15) is 30.5 Å². The average molecular weight is 237 g/mol. The number of hydrogen-bond donors (Lipinski definition) is 0. The molecule has 16 heavy (non-hydrogen) atoms. The molecule has 0 saturated heterocycles. The van der Waals surface area contributed by atoms with Gasteiger partial charge in [-0.3, -0.25) is 4.99 Å². The van der Waals surface area contributed by atoms with Crippen LogP contribution in [0.15, 0.2) is 22.0 Å². The van der Waals surface area contributed by atoms with Crippen LogP contribution in [0.3, 0.4) is 0 Å². The highest BCUT2D eigenvalue weighted by Gasteiger charge is 2.23. The van der Waals surface area contributed by atoms with Gasteiger partial charge in [0.25, 0.3) is 0 Å². The van der Waals surface area contributed by atoms with Gasteiger partial charge in [-0.1, -0.05) is 6.92 Å². The standard InChI is InChI=1S/C12H15NO2S/c1-4-16(14,15)12-6-8(2)5-10-9(3)13-7-11(10)12/h5-6H,4,7H2,1-3H3. The Balaban J connectivity index is 2.72. The van der Waals surface area contributed by atoms with Gasteiger partial charge in [0.05, 0.1) is 17.2 Å². The molecule has 0 amide bonds. The number of sulfone groups is 1. The Kier molecular flexibility index (Phi) is 2.62. The third kappa shape index (κ3) is 1.67. The van der Waals surface area contributed by atoms with E-state index in [0.29, 0.717) is 11.4 Å². The minimum atomic E-state index is -3.14. The van der Waals surface area contributed by atoms with Crippen molar-refractivity contribution in [3.8, 4) is 0 Å². The molecule has 0 spiro atoms. The summed E-state index contributed by atoms with van der Waals surface area (Å²) in [6.07, 6.45) is 0. The molecule has 0 fully saturated rings. The summed E-state index contributed by atoms with van der Waals surface area (Å²) < 4.78 is 23.9. The summed E-state index contributed by atoms with van der Waals surface area (Å²) in [6, 6.07) is 3.77. The zero-order chi connectivity index (χ0) is 11.9. The van der Waals surface area contributed by atoms with Gasteiger partial charge in [0.1, 0.15) is 0 Å². The minimum Gasteiger partial charge on any atom is -0.285 e. The van der Waals surface area contributed by atoms with Crippen molar-refractivity contribution >= 4 is 15.5 Å². The van der Waals surface area contributed by atoms with E-state index in [4.69, 9.17) is 0 Å². The molecule has 1 aliphatic rings. The number of hydrogen-bond acceptors (Lipinski definition) is 3. The molecule has 0 radical (unpaired) electrons. The summed E-state index contributed by atoms with van der Waals surface area (Å²) >= 11 is 0. The van der Waals surface area contributed by atoms with Crippen LogP contribution in [-0.4, -0.2) is 19.9 Å². The van der Waals surface area contributed by atoms with Crippen molar-refractivity contribution in [1.82, 2.24) is 0 Å². The first-order valence-electron chi connectivity index (χ1n) is 5.33. The first kappa shape index (κ1) is 11.3. The zero-order valence-electron chi connectivity index (χ0n) is 9.74. The molecule has 86 valence electrons. The van der Waals surface area contributed by atoms with Crippen LogP contribution in [0.2, 0.25) is 0 Å². The summed E-state index contributed by atoms with van der Waals surface area (Å²) in [5, 5.41) is 0. The highest BCUT2D eigenvalue weighted by atomic mass is 32.2. The third-order valence-electron chi connectivity index (χ3n) is 2.93. The van der Waals surface area contributed by atoms with E-state index in [-0.39, 0.29) is 5.75 Å². The molecule has 0 unspecified atom stereocenters. The molecule has 0 bridgehead atoms. The van der Waals surface area contributed by atoms with Crippen molar-refractivity contribution in [3.05, 3.63) is 28.8 Å². The first-order chi connectivity index (χ1) is 7.45. The minimum absolute atomic E-state index is 0.141. The predicted molar refractivity (Wildman–Crippen MR) is 64.8 cm³/mol. The van der Waals surface area contributed by atoms with Gasteiger partial charge >= 0.3 is 0 Å². The fraction of sp³-hybridized carbons (Fsp3) is 0.417. The van der Waals surface area contributed by atoms with Crippen molar-refractivity contribution in [2.24, 2.45) is 4.99 Å². The maximum Gasteiger partial charge on any atom is 0.178 e. The molecule has 3 nitrogen and oxygen atoms in total. The quantitative estimate of drug-likeness (QED) is 0.791. The Morgan fingerprint density at radius 1 is 1.31 bits per heavy atom. The van der Waals surface area contributed by atoms with Crippen LogP contribution in [0.5, 0.6) is 0 Å². The Morgan fingerprint density at radius 3 is 2.62 bits per heavy atom. The number of aliphatic imine (C=N–C) groups is 1. The lowest BCUT2D eigenvalue weighted by atomic mass is 10.0. The lowest BCUT2D eigenvalue weighted by molar-refractivity contribution is 0.596. The molecule has 0 aromatic heterocycles. The van der Waals surface area contributed by atoms with E-state index in [9.17, 15) is 8.42 Å². The number of benzene rings is 1. The highest BCUT2D eigenvalue weighted by Crippen LogP contribution is 2.28. The van der Waals surface area contributed by atoms with Gasteiger partial charge in [0, 0.05) is 16.8 Å². The second kappa shape index (κ2) is 3.70. The summed E-state index contributed by atoms with van der Waals surface area (Å²) in [5.74, 6) is 0.141. The summed E-state index contributed by atoms with van der Waals surface area (Å²) in [6.45, 7) is 6.01. The van der Waals surface area contributed by atoms with Gasteiger partial charge in [0.2, 0.25) is 0 Å². The van der Waals surface area contributed by atoms with Gasteiger partial charge in [0.15, 0.2) is 9.84 Å². The first-order valence-corrected chi connectivity index (χ1v) is 6.98. The lowest BCUT2D eigenvalue weighted by Gasteiger charge is -2.09. The van der Waals surface area contributed by atoms with E-state index in [0.717, 1.165) is 22.4 Å². The molecule has 1 aromatic carbocycles. The van der Waals surface area contributed by atoms with Crippen molar-refractivity contribution in [3.63, 3.8) is 0 Å². The SMILES string of the molecule is CCS(=O)(=O)c1cc(C)cc2c1CN=C2C. The van der Waals surface area contributed by atoms with Crippen LogP contribution in [-0.2, 0) is 16.4 Å². The maximum atomic E-state index is 12.0. The Morgan fingerprint density at radius 2 is 2.00 bits per heavy atom. The molecule has 0 saturated carbocycles. The van der Waals surface area contributed by atoms with Crippen LogP contribution in [0, 0.1) is 6.92 Å². The van der Waals surface area contributed by atoms with E-state index in [1.807, 2.05) is 19.9 Å². The fourth-order valence-electron chi connectivity index (χ4n) is 1.98. The molecular formula is C12H15NO2S. The van der Waals surface area contributed by atoms with Gasteiger partial charge < -0.3 is 0 Å². The third-order valence-corrected chi connectivity index (χ3v) is 4.73. The molecule has 0 N–H and O–H groups in total.